The molecule has 1 spiro atoms. The highest BCUT2D eigenvalue weighted by molar-refractivity contribution is 5.27. The van der Waals surface area contributed by atoms with Crippen molar-refractivity contribution in [2.45, 2.75) is 103 Å². The summed E-state index contributed by atoms with van der Waals surface area (Å²) >= 11 is 0. The van der Waals surface area contributed by atoms with E-state index in [4.69, 9.17) is 9.47 Å². The monoisotopic (exact) mass is 416 g/mol. The predicted molar refractivity (Wildman–Crippen MR) is 115 cm³/mol. The van der Waals surface area contributed by atoms with Gasteiger partial charge in [0.25, 0.3) is 0 Å². The maximum absolute atomic E-state index is 10.5. The Bertz CT molecular complexity index is 741. The van der Waals surface area contributed by atoms with Crippen LogP contribution in [0.5, 0.6) is 0 Å². The third-order valence-corrected chi connectivity index (χ3v) is 11.1. The van der Waals surface area contributed by atoms with Gasteiger partial charge < -0.3 is 19.7 Å². The first kappa shape index (κ1) is 20.2. The van der Waals surface area contributed by atoms with Crippen molar-refractivity contribution >= 4 is 0 Å². The zero-order chi connectivity index (χ0) is 20.9. The smallest absolute Gasteiger partial charge is 0.171 e. The van der Waals surface area contributed by atoms with E-state index in [1.165, 1.54) is 37.7 Å². The maximum atomic E-state index is 10.5. The fourth-order valence-corrected chi connectivity index (χ4v) is 9.61. The molecule has 5 unspecified atom stereocenters. The average Bonchev–Trinajstić information content (AvgIpc) is 3.14. The van der Waals surface area contributed by atoms with E-state index < -0.39 is 12.2 Å². The number of rotatable bonds is 0. The van der Waals surface area contributed by atoms with Gasteiger partial charge >= 0.3 is 0 Å². The molecule has 0 radical (unpaired) electrons. The molecule has 5 fully saturated rings. The van der Waals surface area contributed by atoms with Crippen LogP contribution in [0.3, 0.4) is 0 Å². The van der Waals surface area contributed by atoms with E-state index in [-0.39, 0.29) is 11.2 Å². The van der Waals surface area contributed by atoms with Gasteiger partial charge in [0.15, 0.2) is 5.79 Å². The molecule has 2 heterocycles. The quantitative estimate of drug-likeness (QED) is 0.573. The molecule has 11 atom stereocenters. The molecule has 4 heteroatoms. The first-order chi connectivity index (χ1) is 14.3. The molecule has 0 aromatic carbocycles. The van der Waals surface area contributed by atoms with Crippen LogP contribution in [0.4, 0.5) is 0 Å². The van der Waals surface area contributed by atoms with Crippen molar-refractivity contribution in [1.82, 2.24) is 0 Å². The number of fused-ring (bicyclic) bond motifs is 7. The lowest BCUT2D eigenvalue weighted by Crippen LogP contribution is -2.54. The molecule has 30 heavy (non-hydrogen) atoms. The second-order valence-corrected chi connectivity index (χ2v) is 12.2. The highest BCUT2D eigenvalue weighted by atomic mass is 16.7. The van der Waals surface area contributed by atoms with Crippen molar-refractivity contribution in [2.75, 3.05) is 6.61 Å². The van der Waals surface area contributed by atoms with E-state index >= 15 is 0 Å². The van der Waals surface area contributed by atoms with Crippen LogP contribution in [-0.2, 0) is 9.47 Å². The number of aliphatic hydroxyl groups is 2. The van der Waals surface area contributed by atoms with Gasteiger partial charge in [-0.3, -0.25) is 0 Å². The fraction of sp³-hybridized carbons (Fsp3) is 0.923. The molecule has 4 aliphatic carbocycles. The number of hydrogen-bond donors (Lipinski definition) is 2. The number of ether oxygens (including phenoxy) is 2. The fourth-order valence-electron chi connectivity index (χ4n) is 9.61. The molecule has 6 aliphatic rings. The Balaban J connectivity index is 1.30. The summed E-state index contributed by atoms with van der Waals surface area (Å²) in [5.74, 6) is 2.79. The lowest BCUT2D eigenvalue weighted by atomic mass is 9.46. The van der Waals surface area contributed by atoms with Gasteiger partial charge in [0, 0.05) is 12.3 Å². The van der Waals surface area contributed by atoms with Crippen LogP contribution in [0.25, 0.3) is 0 Å². The number of aliphatic hydroxyl groups excluding tert-OH is 2. The predicted octanol–water partition coefficient (Wildman–Crippen LogP) is 4.44. The molecule has 168 valence electrons. The molecule has 2 N–H and O–H groups in total. The van der Waals surface area contributed by atoms with Gasteiger partial charge in [0.2, 0.25) is 0 Å². The molecular weight excluding hydrogens is 376 g/mol. The van der Waals surface area contributed by atoms with Gasteiger partial charge in [0.05, 0.1) is 24.9 Å². The molecule has 0 aromatic heterocycles. The molecule has 4 nitrogen and oxygen atoms in total. The van der Waals surface area contributed by atoms with Crippen molar-refractivity contribution < 1.29 is 19.7 Å². The molecule has 0 bridgehead atoms. The standard InChI is InChI=1S/C26H40O4/c1-15-23-22(30-26(15)9-4-5-11-29-26)13-19-17-7-6-16-12-20(27)21(28)14-25(16,3)18(17)8-10-24(19,23)2/h6,15,17-23,27-28H,4-5,7-14H2,1-3H3/t15-,17?,18?,19?,20+,21+,22?,23?,24-,25-,26+/m0/s1. The topological polar surface area (TPSA) is 58.9 Å². The molecule has 0 amide bonds. The zero-order valence-electron chi connectivity index (χ0n) is 19.0. The summed E-state index contributed by atoms with van der Waals surface area (Å²) in [6.45, 7) is 8.22. The SMILES string of the molecule is C[C@H]1C2C(CC3C4CC=C5C[C@@H](O)[C@H](O)C[C@]5(C)C4CC[C@@]32C)O[C@]12CCCCO2. The first-order valence-electron chi connectivity index (χ1n) is 12.7. The Kier molecular flexibility index (Phi) is 4.42. The van der Waals surface area contributed by atoms with Gasteiger partial charge in [-0.1, -0.05) is 32.4 Å². The van der Waals surface area contributed by atoms with Gasteiger partial charge in [0.1, 0.15) is 0 Å². The third-order valence-electron chi connectivity index (χ3n) is 11.1. The van der Waals surface area contributed by atoms with E-state index in [9.17, 15) is 10.2 Å². The summed E-state index contributed by atoms with van der Waals surface area (Å²) in [7, 11) is 0. The van der Waals surface area contributed by atoms with E-state index in [1.54, 1.807) is 0 Å². The number of hydrogen-bond acceptors (Lipinski definition) is 4. The van der Waals surface area contributed by atoms with Crippen molar-refractivity contribution in [3.63, 3.8) is 0 Å². The molecule has 3 saturated carbocycles. The van der Waals surface area contributed by atoms with Crippen molar-refractivity contribution in [3.05, 3.63) is 11.6 Å². The van der Waals surface area contributed by atoms with Crippen LogP contribution in [0.2, 0.25) is 0 Å². The van der Waals surface area contributed by atoms with E-state index in [0.717, 1.165) is 25.9 Å². The Morgan fingerprint density at radius 2 is 1.90 bits per heavy atom. The summed E-state index contributed by atoms with van der Waals surface area (Å²) in [6.07, 6.45) is 11.3. The third kappa shape index (κ3) is 2.48. The molecule has 6 rings (SSSR count). The van der Waals surface area contributed by atoms with Crippen LogP contribution in [0.1, 0.15) is 78.6 Å². The van der Waals surface area contributed by atoms with E-state index in [1.807, 2.05) is 0 Å². The minimum atomic E-state index is -0.582. The van der Waals surface area contributed by atoms with Gasteiger partial charge in [-0.05, 0) is 85.9 Å². The van der Waals surface area contributed by atoms with Gasteiger partial charge in [-0.2, -0.15) is 0 Å². The van der Waals surface area contributed by atoms with Crippen LogP contribution < -0.4 is 0 Å². The van der Waals surface area contributed by atoms with Crippen molar-refractivity contribution in [3.8, 4) is 0 Å². The minimum Gasteiger partial charge on any atom is -0.390 e. The lowest BCUT2D eigenvalue weighted by Gasteiger charge is -2.59. The van der Waals surface area contributed by atoms with Crippen molar-refractivity contribution in [1.29, 1.82) is 0 Å². The minimum absolute atomic E-state index is 0.0563. The second-order valence-electron chi connectivity index (χ2n) is 12.2. The highest BCUT2D eigenvalue weighted by Crippen LogP contribution is 2.70. The van der Waals surface area contributed by atoms with Crippen molar-refractivity contribution in [2.24, 2.45) is 40.4 Å². The largest absolute Gasteiger partial charge is 0.390 e. The normalized spacial score (nSPS) is 59.8. The van der Waals surface area contributed by atoms with Gasteiger partial charge in [-0.15, -0.1) is 0 Å². The Hall–Kier alpha value is -0.420. The molecular formula is C26H40O4. The summed E-state index contributed by atoms with van der Waals surface area (Å²) in [6, 6.07) is 0. The lowest BCUT2D eigenvalue weighted by molar-refractivity contribution is -0.264. The Labute approximate surface area is 181 Å². The highest BCUT2D eigenvalue weighted by Gasteiger charge is 2.68. The Morgan fingerprint density at radius 1 is 1.07 bits per heavy atom. The first-order valence-corrected chi connectivity index (χ1v) is 12.7. The van der Waals surface area contributed by atoms with Crippen LogP contribution >= 0.6 is 0 Å². The molecule has 2 aliphatic heterocycles. The summed E-state index contributed by atoms with van der Waals surface area (Å²) in [5, 5.41) is 20.8. The van der Waals surface area contributed by atoms with E-state index in [0.29, 0.717) is 47.5 Å². The Morgan fingerprint density at radius 3 is 2.67 bits per heavy atom. The summed E-state index contributed by atoms with van der Waals surface area (Å²) < 4.78 is 13.1. The van der Waals surface area contributed by atoms with Crippen LogP contribution in [0.15, 0.2) is 11.6 Å². The number of allylic oxidation sites excluding steroid dienone is 1. The average molecular weight is 417 g/mol. The van der Waals surface area contributed by atoms with Gasteiger partial charge in [-0.25, -0.2) is 0 Å². The summed E-state index contributed by atoms with van der Waals surface area (Å²) in [5.41, 5.74) is 1.81. The summed E-state index contributed by atoms with van der Waals surface area (Å²) in [4.78, 5) is 0. The van der Waals surface area contributed by atoms with Crippen LogP contribution in [-0.4, -0.2) is 40.9 Å². The van der Waals surface area contributed by atoms with E-state index in [2.05, 4.69) is 26.8 Å². The van der Waals surface area contributed by atoms with Crippen LogP contribution in [0, 0.1) is 40.4 Å². The molecule has 0 aromatic rings. The molecule has 2 saturated heterocycles. The maximum Gasteiger partial charge on any atom is 0.171 e. The zero-order valence-corrected chi connectivity index (χ0v) is 19.0. The second kappa shape index (κ2) is 6.56.